The Kier molecular flexibility index (Phi) is 4.36. The third kappa shape index (κ3) is 3.68. The second kappa shape index (κ2) is 6.21. The van der Waals surface area contributed by atoms with E-state index in [1.165, 1.54) is 21.8 Å². The average Bonchev–Trinajstić information content (AvgIpc) is 3.07. The van der Waals surface area contributed by atoms with Crippen molar-refractivity contribution in [1.82, 2.24) is 24.5 Å². The van der Waals surface area contributed by atoms with Gasteiger partial charge in [0, 0.05) is 26.0 Å². The van der Waals surface area contributed by atoms with Crippen molar-refractivity contribution < 1.29 is 14.7 Å². The number of aromatic nitrogens is 4. The van der Waals surface area contributed by atoms with E-state index < -0.39 is 5.97 Å². The molecule has 0 unspecified atom stereocenters. The van der Waals surface area contributed by atoms with Crippen LogP contribution in [0.5, 0.6) is 0 Å². The lowest BCUT2D eigenvalue weighted by Crippen LogP contribution is -2.30. The molecule has 0 aliphatic carbocycles. The van der Waals surface area contributed by atoms with Gasteiger partial charge in [0.25, 0.3) is 0 Å². The zero-order valence-corrected chi connectivity index (χ0v) is 11.9. The van der Waals surface area contributed by atoms with E-state index in [4.69, 9.17) is 5.11 Å². The van der Waals surface area contributed by atoms with Crippen LogP contribution >= 0.6 is 0 Å². The predicted molar refractivity (Wildman–Crippen MR) is 73.6 cm³/mol. The van der Waals surface area contributed by atoms with Crippen molar-refractivity contribution in [2.24, 2.45) is 0 Å². The lowest BCUT2D eigenvalue weighted by molar-refractivity contribution is -0.131. The summed E-state index contributed by atoms with van der Waals surface area (Å²) in [5.74, 6) is -1.28. The highest BCUT2D eigenvalue weighted by Gasteiger charge is 2.13. The Hall–Kier alpha value is -2.64. The molecule has 0 saturated carbocycles. The van der Waals surface area contributed by atoms with Gasteiger partial charge in [0.15, 0.2) is 5.69 Å². The minimum Gasteiger partial charge on any atom is -0.476 e. The fraction of sp³-hybridized carbons (Fsp3) is 0.385. The van der Waals surface area contributed by atoms with E-state index in [1.54, 1.807) is 11.7 Å². The molecule has 8 nitrogen and oxygen atoms in total. The second-order valence-electron chi connectivity index (χ2n) is 4.62. The summed E-state index contributed by atoms with van der Waals surface area (Å²) in [6.07, 6.45) is 3.33. The molecule has 112 valence electrons. The number of likely N-dealkylation sites (N-methyl/N-ethyl adjacent to an activating group) is 1. The number of carboxylic acid groups (broad SMARTS) is 1. The SMILES string of the molecule is CCn1ccc(CN(C)C(=O)Cn2ccc(C(=O)O)n2)n1. The first-order valence-electron chi connectivity index (χ1n) is 6.52. The minimum absolute atomic E-state index is 0.00172. The number of amides is 1. The van der Waals surface area contributed by atoms with Crippen LogP contribution in [0, 0.1) is 0 Å². The molecule has 0 bridgehead atoms. The van der Waals surface area contributed by atoms with Gasteiger partial charge < -0.3 is 10.0 Å². The van der Waals surface area contributed by atoms with Gasteiger partial charge in [-0.2, -0.15) is 10.2 Å². The Morgan fingerprint density at radius 1 is 1.24 bits per heavy atom. The predicted octanol–water partition coefficient (Wildman–Crippen LogP) is 0.456. The third-order valence-electron chi connectivity index (χ3n) is 3.00. The standard InChI is InChI=1S/C13H17N5O3/c1-3-17-6-4-10(14-17)8-16(2)12(19)9-18-7-5-11(15-18)13(20)21/h4-7H,3,8-9H2,1-2H3,(H,20,21). The van der Waals surface area contributed by atoms with Crippen LogP contribution in [-0.4, -0.2) is 48.5 Å². The van der Waals surface area contributed by atoms with Gasteiger partial charge in [-0.15, -0.1) is 0 Å². The fourth-order valence-corrected chi connectivity index (χ4v) is 1.82. The summed E-state index contributed by atoms with van der Waals surface area (Å²) in [5, 5.41) is 16.9. The Balaban J connectivity index is 1.93. The summed E-state index contributed by atoms with van der Waals surface area (Å²) in [6, 6.07) is 3.22. The number of rotatable bonds is 6. The number of aryl methyl sites for hydroxylation is 1. The largest absolute Gasteiger partial charge is 0.476 e. The van der Waals surface area contributed by atoms with Gasteiger partial charge in [0.1, 0.15) is 6.54 Å². The zero-order valence-electron chi connectivity index (χ0n) is 11.9. The van der Waals surface area contributed by atoms with Crippen molar-refractivity contribution in [1.29, 1.82) is 0 Å². The van der Waals surface area contributed by atoms with E-state index in [0.29, 0.717) is 6.54 Å². The molecule has 8 heteroatoms. The number of carbonyl (C=O) groups excluding carboxylic acids is 1. The molecule has 1 N–H and O–H groups in total. The van der Waals surface area contributed by atoms with Crippen LogP contribution in [0.15, 0.2) is 24.5 Å². The molecular formula is C13H17N5O3. The lowest BCUT2D eigenvalue weighted by atomic mass is 10.4. The maximum atomic E-state index is 12.1. The molecule has 2 heterocycles. The topological polar surface area (TPSA) is 93.2 Å². The van der Waals surface area contributed by atoms with Crippen molar-refractivity contribution >= 4 is 11.9 Å². The summed E-state index contributed by atoms with van der Waals surface area (Å²) in [5.41, 5.74) is 0.728. The van der Waals surface area contributed by atoms with E-state index in [-0.39, 0.29) is 18.1 Å². The molecule has 0 aromatic carbocycles. The summed E-state index contributed by atoms with van der Waals surface area (Å²) < 4.78 is 3.10. The van der Waals surface area contributed by atoms with Crippen LogP contribution in [0.25, 0.3) is 0 Å². The number of hydrogen-bond acceptors (Lipinski definition) is 4. The van der Waals surface area contributed by atoms with Crippen molar-refractivity contribution in [3.8, 4) is 0 Å². The number of carboxylic acids is 1. The highest BCUT2D eigenvalue weighted by atomic mass is 16.4. The zero-order chi connectivity index (χ0) is 15.4. The molecule has 0 spiro atoms. The van der Waals surface area contributed by atoms with Gasteiger partial charge in [-0.1, -0.05) is 0 Å². The van der Waals surface area contributed by atoms with Crippen molar-refractivity contribution in [3.63, 3.8) is 0 Å². The Labute approximate surface area is 121 Å². The van der Waals surface area contributed by atoms with Crippen LogP contribution in [0.2, 0.25) is 0 Å². The first kappa shape index (κ1) is 14.8. The van der Waals surface area contributed by atoms with E-state index in [2.05, 4.69) is 10.2 Å². The fourth-order valence-electron chi connectivity index (χ4n) is 1.82. The highest BCUT2D eigenvalue weighted by molar-refractivity contribution is 5.85. The molecule has 2 aromatic heterocycles. The summed E-state index contributed by atoms with van der Waals surface area (Å²) in [7, 11) is 1.68. The van der Waals surface area contributed by atoms with Gasteiger partial charge in [-0.3, -0.25) is 14.2 Å². The molecule has 0 saturated heterocycles. The average molecular weight is 291 g/mol. The molecule has 2 rings (SSSR count). The lowest BCUT2D eigenvalue weighted by Gasteiger charge is -2.15. The Morgan fingerprint density at radius 3 is 2.52 bits per heavy atom. The monoisotopic (exact) mass is 291 g/mol. The van der Waals surface area contributed by atoms with Gasteiger partial charge in [-0.25, -0.2) is 4.79 Å². The molecule has 0 fully saturated rings. The quantitative estimate of drug-likeness (QED) is 0.834. The summed E-state index contributed by atoms with van der Waals surface area (Å²) in [4.78, 5) is 24.3. The first-order valence-corrected chi connectivity index (χ1v) is 6.52. The number of aromatic carboxylic acids is 1. The van der Waals surface area contributed by atoms with Gasteiger partial charge in [0.05, 0.1) is 12.2 Å². The van der Waals surface area contributed by atoms with Crippen LogP contribution < -0.4 is 0 Å². The normalized spacial score (nSPS) is 10.6. The maximum Gasteiger partial charge on any atom is 0.356 e. The summed E-state index contributed by atoms with van der Waals surface area (Å²) >= 11 is 0. The van der Waals surface area contributed by atoms with E-state index in [0.717, 1.165) is 12.2 Å². The first-order chi connectivity index (χ1) is 9.99. The highest BCUT2D eigenvalue weighted by Crippen LogP contribution is 2.02. The van der Waals surface area contributed by atoms with E-state index in [1.807, 2.05) is 19.2 Å². The molecule has 0 aliphatic heterocycles. The van der Waals surface area contributed by atoms with Crippen molar-refractivity contribution in [2.45, 2.75) is 26.6 Å². The molecular weight excluding hydrogens is 274 g/mol. The molecule has 0 aliphatic rings. The van der Waals surface area contributed by atoms with Crippen LogP contribution in [0.1, 0.15) is 23.1 Å². The molecule has 2 aromatic rings. The smallest absolute Gasteiger partial charge is 0.356 e. The molecule has 21 heavy (non-hydrogen) atoms. The van der Waals surface area contributed by atoms with E-state index >= 15 is 0 Å². The summed E-state index contributed by atoms with van der Waals surface area (Å²) in [6.45, 7) is 3.17. The number of hydrogen-bond donors (Lipinski definition) is 1. The van der Waals surface area contributed by atoms with Crippen LogP contribution in [-0.2, 0) is 24.4 Å². The minimum atomic E-state index is -1.11. The second-order valence-corrected chi connectivity index (χ2v) is 4.62. The molecule has 0 radical (unpaired) electrons. The Bertz CT molecular complexity index is 646. The molecule has 1 amide bonds. The van der Waals surface area contributed by atoms with Crippen LogP contribution in [0.4, 0.5) is 0 Å². The van der Waals surface area contributed by atoms with Crippen LogP contribution in [0.3, 0.4) is 0 Å². The number of carbonyl (C=O) groups is 2. The molecule has 0 atom stereocenters. The van der Waals surface area contributed by atoms with Gasteiger partial charge in [0.2, 0.25) is 5.91 Å². The third-order valence-corrected chi connectivity index (χ3v) is 3.00. The van der Waals surface area contributed by atoms with Gasteiger partial charge >= 0.3 is 5.97 Å². The van der Waals surface area contributed by atoms with Crippen molar-refractivity contribution in [3.05, 3.63) is 35.9 Å². The number of nitrogens with zero attached hydrogens (tertiary/aromatic N) is 5. The van der Waals surface area contributed by atoms with Crippen molar-refractivity contribution in [2.75, 3.05) is 7.05 Å². The van der Waals surface area contributed by atoms with Gasteiger partial charge in [-0.05, 0) is 19.1 Å². The maximum absolute atomic E-state index is 12.1. The Morgan fingerprint density at radius 2 is 1.95 bits per heavy atom. The van der Waals surface area contributed by atoms with E-state index in [9.17, 15) is 9.59 Å².